The molecule has 0 saturated carbocycles. The number of nitrogens with zero attached hydrogens (tertiary/aromatic N) is 3. The van der Waals surface area contributed by atoms with Gasteiger partial charge in [0.15, 0.2) is 11.5 Å². The molecule has 2 aromatic rings. The zero-order valence-corrected chi connectivity index (χ0v) is 19.6. The van der Waals surface area contributed by atoms with Crippen molar-refractivity contribution in [1.82, 2.24) is 9.80 Å². The molecule has 8 nitrogen and oxygen atoms in total. The Morgan fingerprint density at radius 1 is 1.06 bits per heavy atom. The average Bonchev–Trinajstić information content (AvgIpc) is 3.20. The number of halogens is 1. The van der Waals surface area contributed by atoms with Crippen LogP contribution in [0.2, 0.25) is 0 Å². The molecule has 2 aliphatic heterocycles. The Balaban J connectivity index is 1.35. The van der Waals surface area contributed by atoms with Gasteiger partial charge in [0, 0.05) is 37.2 Å². The lowest BCUT2D eigenvalue weighted by Gasteiger charge is -2.36. The summed E-state index contributed by atoms with van der Waals surface area (Å²) in [6.07, 6.45) is 1.11. The van der Waals surface area contributed by atoms with Crippen molar-refractivity contribution < 1.29 is 22.7 Å². The van der Waals surface area contributed by atoms with Gasteiger partial charge >= 0.3 is 0 Å². The van der Waals surface area contributed by atoms with Gasteiger partial charge in [-0.3, -0.25) is 14.0 Å². The van der Waals surface area contributed by atoms with Crippen molar-refractivity contribution in [2.24, 2.45) is 0 Å². The van der Waals surface area contributed by atoms with Crippen LogP contribution in [0.15, 0.2) is 46.9 Å². The molecule has 2 aromatic carbocycles. The summed E-state index contributed by atoms with van der Waals surface area (Å²) in [6, 6.07) is 12.9. The van der Waals surface area contributed by atoms with Gasteiger partial charge in [-0.1, -0.05) is 18.2 Å². The minimum atomic E-state index is -3.61. The molecule has 10 heteroatoms. The van der Waals surface area contributed by atoms with Crippen LogP contribution in [0.4, 0.5) is 5.69 Å². The molecule has 0 radical (unpaired) electrons. The second-order valence-corrected chi connectivity index (χ2v) is 10.3. The summed E-state index contributed by atoms with van der Waals surface area (Å²) in [5.41, 5.74) is 1.58. The van der Waals surface area contributed by atoms with Crippen molar-refractivity contribution in [2.75, 3.05) is 50.1 Å². The van der Waals surface area contributed by atoms with E-state index in [4.69, 9.17) is 9.47 Å². The maximum atomic E-state index is 12.9. The van der Waals surface area contributed by atoms with Crippen LogP contribution < -0.4 is 13.8 Å². The fourth-order valence-electron chi connectivity index (χ4n) is 3.71. The second kappa shape index (κ2) is 9.05. The number of ether oxygens (including phenoxy) is 2. The maximum Gasteiger partial charge on any atom is 0.243 e. The maximum absolute atomic E-state index is 12.9. The zero-order chi connectivity index (χ0) is 22.0. The third-order valence-electron chi connectivity index (χ3n) is 5.37. The first kappa shape index (κ1) is 21.9. The summed E-state index contributed by atoms with van der Waals surface area (Å²) in [4.78, 5) is 16.9. The molecule has 1 amide bonds. The van der Waals surface area contributed by atoms with E-state index in [1.54, 1.807) is 29.2 Å². The van der Waals surface area contributed by atoms with Gasteiger partial charge in [0.05, 0.1) is 11.9 Å². The Kier molecular flexibility index (Phi) is 6.40. The second-order valence-electron chi connectivity index (χ2n) is 7.57. The van der Waals surface area contributed by atoms with Gasteiger partial charge in [-0.2, -0.15) is 0 Å². The lowest BCUT2D eigenvalue weighted by molar-refractivity contribution is -0.131. The lowest BCUT2D eigenvalue weighted by atomic mass is 10.1. The van der Waals surface area contributed by atoms with Crippen LogP contribution in [0, 0.1) is 0 Å². The van der Waals surface area contributed by atoms with E-state index in [9.17, 15) is 13.2 Å². The highest BCUT2D eigenvalue weighted by Gasteiger charge is 2.27. The topological polar surface area (TPSA) is 79.4 Å². The molecule has 0 aromatic heterocycles. The van der Waals surface area contributed by atoms with Crippen LogP contribution >= 0.6 is 15.9 Å². The Bertz CT molecular complexity index is 1070. The van der Waals surface area contributed by atoms with Crippen molar-refractivity contribution >= 4 is 37.5 Å². The quantitative estimate of drug-likeness (QED) is 0.594. The van der Waals surface area contributed by atoms with Gasteiger partial charge < -0.3 is 14.4 Å². The lowest BCUT2D eigenvalue weighted by Crippen LogP contribution is -2.51. The first-order chi connectivity index (χ1) is 14.8. The minimum Gasteiger partial charge on any atom is -0.454 e. The van der Waals surface area contributed by atoms with Gasteiger partial charge in [0.2, 0.25) is 22.7 Å². The van der Waals surface area contributed by atoms with E-state index in [-0.39, 0.29) is 19.2 Å². The summed E-state index contributed by atoms with van der Waals surface area (Å²) in [6.45, 7) is 3.33. The van der Waals surface area contributed by atoms with E-state index < -0.39 is 10.0 Å². The Morgan fingerprint density at radius 3 is 2.48 bits per heavy atom. The predicted octanol–water partition coefficient (Wildman–Crippen LogP) is 2.29. The molecule has 0 unspecified atom stereocenters. The Morgan fingerprint density at radius 2 is 1.77 bits per heavy atom. The largest absolute Gasteiger partial charge is 0.454 e. The SMILES string of the molecule is CS(=O)(=O)N(CC(=O)N1CCN(Cc2ccc3c(c2)OCO3)CC1)c1ccccc1Br. The van der Waals surface area contributed by atoms with Crippen molar-refractivity contribution in [3.05, 3.63) is 52.5 Å². The number of hydrogen-bond donors (Lipinski definition) is 0. The molecular weight excluding hydrogens is 486 g/mol. The summed E-state index contributed by atoms with van der Waals surface area (Å²) in [5, 5.41) is 0. The number of anilines is 1. The van der Waals surface area contributed by atoms with Gasteiger partial charge in [-0.25, -0.2) is 8.42 Å². The molecule has 0 aliphatic carbocycles. The number of amides is 1. The normalized spacial score (nSPS) is 16.4. The molecule has 1 fully saturated rings. The number of fused-ring (bicyclic) bond motifs is 1. The van der Waals surface area contributed by atoms with Crippen LogP contribution in [0.25, 0.3) is 0 Å². The van der Waals surface area contributed by atoms with E-state index >= 15 is 0 Å². The molecule has 4 rings (SSSR count). The predicted molar refractivity (Wildman–Crippen MR) is 121 cm³/mol. The highest BCUT2D eigenvalue weighted by molar-refractivity contribution is 9.10. The van der Waals surface area contributed by atoms with E-state index in [1.165, 1.54) is 0 Å². The van der Waals surface area contributed by atoms with Crippen molar-refractivity contribution in [3.8, 4) is 11.5 Å². The fraction of sp³-hybridized carbons (Fsp3) is 0.381. The van der Waals surface area contributed by atoms with Crippen LogP contribution in [-0.2, 0) is 21.4 Å². The molecule has 0 atom stereocenters. The third kappa shape index (κ3) is 5.13. The Hall–Kier alpha value is -2.30. The van der Waals surface area contributed by atoms with Gasteiger partial charge in [-0.05, 0) is 45.8 Å². The number of benzene rings is 2. The number of piperazine rings is 1. The van der Waals surface area contributed by atoms with E-state index in [1.807, 2.05) is 18.2 Å². The third-order valence-corrected chi connectivity index (χ3v) is 7.17. The summed E-state index contributed by atoms with van der Waals surface area (Å²) in [7, 11) is -3.61. The molecule has 31 heavy (non-hydrogen) atoms. The first-order valence-electron chi connectivity index (χ1n) is 9.92. The molecular formula is C21H24BrN3O5S. The van der Waals surface area contributed by atoms with Crippen LogP contribution in [-0.4, -0.2) is 69.9 Å². The smallest absolute Gasteiger partial charge is 0.243 e. The summed E-state index contributed by atoms with van der Waals surface area (Å²) < 4.78 is 37.3. The minimum absolute atomic E-state index is 0.205. The van der Waals surface area contributed by atoms with E-state index in [0.717, 1.165) is 34.2 Å². The van der Waals surface area contributed by atoms with Crippen LogP contribution in [0.5, 0.6) is 11.5 Å². The number of carbonyl (C=O) groups excluding carboxylic acids is 1. The van der Waals surface area contributed by atoms with Gasteiger partial charge in [-0.15, -0.1) is 0 Å². The molecule has 2 heterocycles. The molecule has 0 spiro atoms. The van der Waals surface area contributed by atoms with E-state index in [0.29, 0.717) is 36.3 Å². The molecule has 1 saturated heterocycles. The number of hydrogen-bond acceptors (Lipinski definition) is 6. The first-order valence-corrected chi connectivity index (χ1v) is 12.6. The van der Waals surface area contributed by atoms with Gasteiger partial charge in [0.1, 0.15) is 6.54 Å². The summed E-state index contributed by atoms with van der Waals surface area (Å²) in [5.74, 6) is 1.32. The van der Waals surface area contributed by atoms with Crippen molar-refractivity contribution in [3.63, 3.8) is 0 Å². The monoisotopic (exact) mass is 509 g/mol. The highest BCUT2D eigenvalue weighted by atomic mass is 79.9. The Labute approximate surface area is 190 Å². The average molecular weight is 510 g/mol. The zero-order valence-electron chi connectivity index (χ0n) is 17.2. The molecule has 0 N–H and O–H groups in total. The van der Waals surface area contributed by atoms with Gasteiger partial charge in [0.25, 0.3) is 0 Å². The summed E-state index contributed by atoms with van der Waals surface area (Å²) >= 11 is 3.38. The molecule has 2 aliphatic rings. The van der Waals surface area contributed by atoms with Crippen LogP contribution in [0.1, 0.15) is 5.56 Å². The number of rotatable bonds is 6. The molecule has 166 valence electrons. The van der Waals surface area contributed by atoms with E-state index in [2.05, 4.69) is 20.8 Å². The standard InChI is InChI=1S/C21H24BrN3O5S/c1-31(27,28)25(18-5-3-2-4-17(18)22)14-21(26)24-10-8-23(9-11-24)13-16-6-7-19-20(12-16)30-15-29-19/h2-7,12H,8-11,13-15H2,1H3. The molecule has 0 bridgehead atoms. The number of sulfonamides is 1. The fourth-order valence-corrected chi connectivity index (χ4v) is 5.19. The number of para-hydroxylation sites is 1. The highest BCUT2D eigenvalue weighted by Crippen LogP contribution is 2.33. The number of carbonyl (C=O) groups is 1. The van der Waals surface area contributed by atoms with Crippen LogP contribution in [0.3, 0.4) is 0 Å². The van der Waals surface area contributed by atoms with Crippen molar-refractivity contribution in [2.45, 2.75) is 6.54 Å². The van der Waals surface area contributed by atoms with Crippen molar-refractivity contribution in [1.29, 1.82) is 0 Å².